The van der Waals surface area contributed by atoms with E-state index in [2.05, 4.69) is 15.2 Å². The van der Waals surface area contributed by atoms with Crippen LogP contribution >= 0.6 is 11.3 Å². The van der Waals surface area contributed by atoms with Crippen molar-refractivity contribution in [2.24, 2.45) is 15.2 Å². The van der Waals surface area contributed by atoms with Crippen LogP contribution in [0.4, 0.5) is 22.1 Å². The van der Waals surface area contributed by atoms with Crippen molar-refractivity contribution >= 4 is 39.8 Å². The van der Waals surface area contributed by atoms with Crippen LogP contribution in [0.1, 0.15) is 16.0 Å². The largest absolute Gasteiger partial charge is 0.486 e. The molecular formula is C15H12N6OS. The monoisotopic (exact) mass is 324 g/mol. The van der Waals surface area contributed by atoms with Gasteiger partial charge in [0, 0.05) is 5.69 Å². The number of thiophene rings is 1. The fourth-order valence-corrected chi connectivity index (χ4v) is 2.62. The number of rotatable bonds is 4. The smallest absolute Gasteiger partial charge is 0.174 e. The Morgan fingerprint density at radius 2 is 2.00 bits per heavy atom. The molecule has 0 aliphatic rings. The SMILES string of the molecule is COC=Nc1cc(N)ccc1/N=N/c1sc(C#N)c(C)c1C#N. The number of hydrogen-bond acceptors (Lipinski definition) is 8. The lowest BCUT2D eigenvalue weighted by Gasteiger charge is -2.00. The first-order valence-electron chi connectivity index (χ1n) is 6.41. The Morgan fingerprint density at radius 1 is 1.22 bits per heavy atom. The molecule has 0 spiro atoms. The number of methoxy groups -OCH3 is 1. The highest BCUT2D eigenvalue weighted by atomic mass is 32.1. The minimum absolute atomic E-state index is 0.354. The molecule has 0 fully saturated rings. The van der Waals surface area contributed by atoms with Crippen molar-refractivity contribution in [2.75, 3.05) is 12.8 Å². The summed E-state index contributed by atoms with van der Waals surface area (Å²) in [4.78, 5) is 4.53. The third kappa shape index (κ3) is 3.51. The number of ether oxygens (including phenoxy) is 1. The maximum absolute atomic E-state index is 9.20. The first-order valence-corrected chi connectivity index (χ1v) is 7.22. The number of nitriles is 2. The number of nitrogens with two attached hydrogens (primary N) is 1. The molecule has 0 saturated carbocycles. The van der Waals surface area contributed by atoms with Crippen molar-refractivity contribution in [2.45, 2.75) is 6.92 Å². The lowest BCUT2D eigenvalue weighted by Crippen LogP contribution is -1.83. The number of hydrogen-bond donors (Lipinski definition) is 1. The van der Waals surface area contributed by atoms with Gasteiger partial charge in [-0.05, 0) is 30.7 Å². The highest BCUT2D eigenvalue weighted by molar-refractivity contribution is 7.16. The Morgan fingerprint density at radius 3 is 2.65 bits per heavy atom. The average Bonchev–Trinajstić information content (AvgIpc) is 2.87. The van der Waals surface area contributed by atoms with Gasteiger partial charge in [-0.2, -0.15) is 10.5 Å². The Labute approximate surface area is 137 Å². The Hall–Kier alpha value is -3.23. The van der Waals surface area contributed by atoms with Crippen LogP contribution in [0.2, 0.25) is 0 Å². The summed E-state index contributed by atoms with van der Waals surface area (Å²) in [7, 11) is 1.48. The van der Waals surface area contributed by atoms with E-state index in [4.69, 9.17) is 15.7 Å². The third-order valence-corrected chi connectivity index (χ3v) is 3.97. The van der Waals surface area contributed by atoms with Crippen molar-refractivity contribution in [3.8, 4) is 12.1 Å². The van der Waals surface area contributed by atoms with E-state index in [1.807, 2.05) is 12.1 Å². The molecule has 1 aromatic carbocycles. The van der Waals surface area contributed by atoms with Crippen LogP contribution in [0.3, 0.4) is 0 Å². The van der Waals surface area contributed by atoms with Gasteiger partial charge < -0.3 is 10.5 Å². The fourth-order valence-electron chi connectivity index (χ4n) is 1.74. The molecule has 1 aromatic heterocycles. The van der Waals surface area contributed by atoms with E-state index in [9.17, 15) is 5.26 Å². The van der Waals surface area contributed by atoms with Gasteiger partial charge in [-0.15, -0.1) is 21.6 Å². The molecule has 0 unspecified atom stereocenters. The highest BCUT2D eigenvalue weighted by Gasteiger charge is 2.14. The second-order valence-electron chi connectivity index (χ2n) is 4.38. The van der Waals surface area contributed by atoms with Gasteiger partial charge in [0.2, 0.25) is 0 Å². The minimum Gasteiger partial charge on any atom is -0.486 e. The highest BCUT2D eigenvalue weighted by Crippen LogP contribution is 2.37. The summed E-state index contributed by atoms with van der Waals surface area (Å²) in [6, 6.07) is 9.07. The lowest BCUT2D eigenvalue weighted by molar-refractivity contribution is 0.423. The predicted octanol–water partition coefficient (Wildman–Crippen LogP) is 4.10. The van der Waals surface area contributed by atoms with Crippen LogP contribution < -0.4 is 5.73 Å². The molecule has 2 rings (SSSR count). The van der Waals surface area contributed by atoms with E-state index in [0.717, 1.165) is 11.3 Å². The Balaban J connectivity index is 2.44. The molecule has 0 atom stereocenters. The summed E-state index contributed by atoms with van der Waals surface area (Å²) in [5.41, 5.74) is 8.19. The maximum Gasteiger partial charge on any atom is 0.174 e. The van der Waals surface area contributed by atoms with Crippen LogP contribution in [0, 0.1) is 29.6 Å². The Kier molecular flexibility index (Phi) is 5.03. The molecule has 2 aromatic rings. The predicted molar refractivity (Wildman–Crippen MR) is 88.7 cm³/mol. The van der Waals surface area contributed by atoms with Gasteiger partial charge in [0.05, 0.1) is 18.4 Å². The van der Waals surface area contributed by atoms with Crippen molar-refractivity contribution in [3.05, 3.63) is 34.2 Å². The topological polar surface area (TPSA) is 120 Å². The number of anilines is 1. The molecule has 0 saturated heterocycles. The van der Waals surface area contributed by atoms with Gasteiger partial charge in [0.25, 0.3) is 0 Å². The van der Waals surface area contributed by atoms with Gasteiger partial charge >= 0.3 is 0 Å². The van der Waals surface area contributed by atoms with Crippen molar-refractivity contribution in [3.63, 3.8) is 0 Å². The van der Waals surface area contributed by atoms with E-state index in [1.165, 1.54) is 13.5 Å². The standard InChI is InChI=1S/C15H12N6OS/c1-9-11(6-16)15(23-14(9)7-17)21-20-12-4-3-10(18)5-13(12)19-8-22-2/h3-5,8H,18H2,1-2H3/b19-8?,21-20+. The van der Waals surface area contributed by atoms with Crippen LogP contribution in [-0.2, 0) is 4.74 Å². The van der Waals surface area contributed by atoms with E-state index >= 15 is 0 Å². The van der Waals surface area contributed by atoms with Crippen molar-refractivity contribution in [1.82, 2.24) is 0 Å². The summed E-state index contributed by atoms with van der Waals surface area (Å²) >= 11 is 1.12. The molecule has 0 aliphatic heterocycles. The van der Waals surface area contributed by atoms with Crippen LogP contribution in [0.15, 0.2) is 33.4 Å². The fraction of sp³-hybridized carbons (Fsp3) is 0.133. The molecule has 0 amide bonds. The second kappa shape index (κ2) is 7.16. The zero-order valence-electron chi connectivity index (χ0n) is 12.4. The molecule has 7 nitrogen and oxygen atoms in total. The van der Waals surface area contributed by atoms with Gasteiger partial charge in [-0.1, -0.05) is 0 Å². The van der Waals surface area contributed by atoms with Crippen LogP contribution in [-0.4, -0.2) is 13.5 Å². The molecule has 1 heterocycles. The second-order valence-corrected chi connectivity index (χ2v) is 5.38. The molecule has 2 N–H and O–H groups in total. The summed E-state index contributed by atoms with van der Waals surface area (Å²) in [6.07, 6.45) is 1.26. The number of benzene rings is 1. The van der Waals surface area contributed by atoms with E-state index in [0.29, 0.717) is 38.1 Å². The average molecular weight is 324 g/mol. The maximum atomic E-state index is 9.20. The third-order valence-electron chi connectivity index (χ3n) is 2.89. The first kappa shape index (κ1) is 16.1. The van der Waals surface area contributed by atoms with Crippen molar-refractivity contribution in [1.29, 1.82) is 10.5 Å². The molecule has 114 valence electrons. The van der Waals surface area contributed by atoms with Crippen molar-refractivity contribution < 1.29 is 4.74 Å². The van der Waals surface area contributed by atoms with E-state index in [-0.39, 0.29) is 0 Å². The van der Waals surface area contributed by atoms with Crippen LogP contribution in [0.25, 0.3) is 0 Å². The molecule has 23 heavy (non-hydrogen) atoms. The molecule has 0 radical (unpaired) electrons. The van der Waals surface area contributed by atoms with Gasteiger partial charge in [-0.25, -0.2) is 4.99 Å². The zero-order valence-corrected chi connectivity index (χ0v) is 13.3. The van der Waals surface area contributed by atoms with Gasteiger partial charge in [0.15, 0.2) is 11.4 Å². The Bertz CT molecular complexity index is 869. The lowest BCUT2D eigenvalue weighted by atomic mass is 10.2. The van der Waals surface area contributed by atoms with Crippen LogP contribution in [0.5, 0.6) is 0 Å². The minimum atomic E-state index is 0.354. The zero-order chi connectivity index (χ0) is 16.8. The summed E-state index contributed by atoms with van der Waals surface area (Å²) in [5.74, 6) is 0. The molecular weight excluding hydrogens is 312 g/mol. The van der Waals surface area contributed by atoms with Gasteiger partial charge in [0.1, 0.15) is 22.7 Å². The summed E-state index contributed by atoms with van der Waals surface area (Å²) < 4.78 is 4.79. The molecule has 0 aliphatic carbocycles. The quantitative estimate of drug-likeness (QED) is 0.394. The number of azo groups is 1. The van der Waals surface area contributed by atoms with E-state index < -0.39 is 0 Å². The van der Waals surface area contributed by atoms with Gasteiger partial charge in [-0.3, -0.25) is 0 Å². The van der Waals surface area contributed by atoms with E-state index in [1.54, 1.807) is 25.1 Å². The number of nitrogen functional groups attached to an aromatic ring is 1. The molecule has 0 bridgehead atoms. The number of nitrogens with zero attached hydrogens (tertiary/aromatic N) is 5. The summed E-state index contributed by atoms with van der Waals surface area (Å²) in [6.45, 7) is 1.71. The first-order chi connectivity index (χ1) is 11.1. The summed E-state index contributed by atoms with van der Waals surface area (Å²) in [5, 5.41) is 26.8. The number of aliphatic imine (C=N–C) groups is 1. The normalized spacial score (nSPS) is 10.8. The molecule has 8 heteroatoms.